The summed E-state index contributed by atoms with van der Waals surface area (Å²) in [4.78, 5) is 17.8. The number of H-pyrrole nitrogens is 1. The van der Waals surface area contributed by atoms with E-state index >= 15 is 0 Å². The van der Waals surface area contributed by atoms with Crippen molar-refractivity contribution in [1.29, 1.82) is 0 Å². The van der Waals surface area contributed by atoms with Crippen molar-refractivity contribution in [2.45, 2.75) is 20.3 Å². The van der Waals surface area contributed by atoms with E-state index in [1.807, 2.05) is 35.4 Å². The number of rotatable bonds is 2. The van der Waals surface area contributed by atoms with Crippen molar-refractivity contribution in [2.24, 2.45) is 11.8 Å². The molecule has 0 saturated carbocycles. The van der Waals surface area contributed by atoms with Crippen LogP contribution in [-0.4, -0.2) is 28.9 Å². The summed E-state index contributed by atoms with van der Waals surface area (Å²) >= 11 is 0. The Hall–Kier alpha value is -1.77. The lowest BCUT2D eigenvalue weighted by Crippen LogP contribution is -2.29. The maximum Gasteiger partial charge on any atom is 0.255 e. The van der Waals surface area contributed by atoms with Crippen LogP contribution in [0.25, 0.3) is 10.9 Å². The zero-order valence-corrected chi connectivity index (χ0v) is 11.5. The molecule has 100 valence electrons. The fraction of sp³-hybridized carbons (Fsp3) is 0.438. The highest BCUT2D eigenvalue weighted by molar-refractivity contribution is 6.05. The highest BCUT2D eigenvalue weighted by atomic mass is 16.2. The fourth-order valence-electron chi connectivity index (χ4n) is 2.95. The Morgan fingerprint density at radius 2 is 2.21 bits per heavy atom. The molecule has 3 heteroatoms. The van der Waals surface area contributed by atoms with E-state index in [9.17, 15) is 4.79 Å². The van der Waals surface area contributed by atoms with Crippen LogP contribution in [-0.2, 0) is 0 Å². The highest BCUT2D eigenvalue weighted by Gasteiger charge is 2.29. The Morgan fingerprint density at radius 1 is 1.37 bits per heavy atom. The number of carbonyl (C=O) groups is 1. The predicted molar refractivity (Wildman–Crippen MR) is 77.1 cm³/mol. The number of aromatic amines is 1. The molecule has 1 atom stereocenters. The molecular formula is C16H20N2O. The number of para-hydroxylation sites is 1. The van der Waals surface area contributed by atoms with Gasteiger partial charge in [0.05, 0.1) is 11.1 Å². The van der Waals surface area contributed by atoms with Crippen LogP contribution in [0.2, 0.25) is 0 Å². The standard InChI is InChI=1S/C16H20N2O/c1-11(2)13-7-9-18(10-13)16(19)14-5-3-4-12-6-8-17-15(12)14/h3-6,8,11,13,17H,7,9-10H2,1-2H3. The lowest BCUT2D eigenvalue weighted by molar-refractivity contribution is 0.0786. The molecule has 1 aliphatic rings. The molecule has 0 spiro atoms. The average molecular weight is 256 g/mol. The van der Waals surface area contributed by atoms with Gasteiger partial charge in [-0.1, -0.05) is 26.0 Å². The van der Waals surface area contributed by atoms with Crippen LogP contribution in [0.1, 0.15) is 30.6 Å². The van der Waals surface area contributed by atoms with Gasteiger partial charge >= 0.3 is 0 Å². The zero-order valence-electron chi connectivity index (χ0n) is 11.5. The second-order valence-corrected chi connectivity index (χ2v) is 5.79. The number of aromatic nitrogens is 1. The van der Waals surface area contributed by atoms with Crippen LogP contribution >= 0.6 is 0 Å². The molecule has 1 fully saturated rings. The first kappa shape index (κ1) is 12.3. The molecule has 2 heterocycles. The molecule has 19 heavy (non-hydrogen) atoms. The highest BCUT2D eigenvalue weighted by Crippen LogP contribution is 2.26. The number of fused-ring (bicyclic) bond motifs is 1. The predicted octanol–water partition coefficient (Wildman–Crippen LogP) is 3.29. The maximum atomic E-state index is 12.6. The van der Waals surface area contributed by atoms with E-state index < -0.39 is 0 Å². The Morgan fingerprint density at radius 3 is 2.95 bits per heavy atom. The average Bonchev–Trinajstić information content (AvgIpc) is 3.06. The van der Waals surface area contributed by atoms with Crippen LogP contribution in [0, 0.1) is 11.8 Å². The normalized spacial score (nSPS) is 19.5. The summed E-state index contributed by atoms with van der Waals surface area (Å²) in [5.41, 5.74) is 1.76. The number of benzene rings is 1. The van der Waals surface area contributed by atoms with Gasteiger partial charge in [0, 0.05) is 24.7 Å². The molecule has 1 aromatic carbocycles. The van der Waals surface area contributed by atoms with Gasteiger partial charge in [-0.2, -0.15) is 0 Å². The first-order valence-electron chi connectivity index (χ1n) is 7.02. The smallest absolute Gasteiger partial charge is 0.255 e. The number of hydrogen-bond acceptors (Lipinski definition) is 1. The van der Waals surface area contributed by atoms with Gasteiger partial charge in [0.15, 0.2) is 0 Å². The van der Waals surface area contributed by atoms with Gasteiger partial charge in [-0.15, -0.1) is 0 Å². The molecule has 0 aliphatic carbocycles. The van der Waals surface area contributed by atoms with Crippen molar-refractivity contribution in [2.75, 3.05) is 13.1 Å². The van der Waals surface area contributed by atoms with E-state index in [4.69, 9.17) is 0 Å². The molecule has 1 amide bonds. The van der Waals surface area contributed by atoms with E-state index in [-0.39, 0.29) is 5.91 Å². The number of carbonyl (C=O) groups excluding carboxylic acids is 1. The van der Waals surface area contributed by atoms with Crippen LogP contribution < -0.4 is 0 Å². The Labute approximate surface area is 113 Å². The molecule has 1 aliphatic heterocycles. The van der Waals surface area contributed by atoms with E-state index in [2.05, 4.69) is 18.8 Å². The monoisotopic (exact) mass is 256 g/mol. The number of nitrogens with zero attached hydrogens (tertiary/aromatic N) is 1. The SMILES string of the molecule is CC(C)C1CCN(C(=O)c2cccc3cc[nH]c23)C1. The first-order chi connectivity index (χ1) is 9.16. The molecule has 1 N–H and O–H groups in total. The van der Waals surface area contributed by atoms with Crippen LogP contribution in [0.3, 0.4) is 0 Å². The van der Waals surface area contributed by atoms with Gasteiger partial charge in [0.1, 0.15) is 0 Å². The summed E-state index contributed by atoms with van der Waals surface area (Å²) in [6, 6.07) is 7.92. The zero-order chi connectivity index (χ0) is 13.4. The van der Waals surface area contributed by atoms with Crippen molar-refractivity contribution < 1.29 is 4.79 Å². The van der Waals surface area contributed by atoms with Crippen LogP contribution in [0.5, 0.6) is 0 Å². The topological polar surface area (TPSA) is 36.1 Å². The molecule has 1 unspecified atom stereocenters. The minimum Gasteiger partial charge on any atom is -0.361 e. The quantitative estimate of drug-likeness (QED) is 0.879. The maximum absolute atomic E-state index is 12.6. The summed E-state index contributed by atoms with van der Waals surface area (Å²) < 4.78 is 0. The summed E-state index contributed by atoms with van der Waals surface area (Å²) in [6.07, 6.45) is 3.02. The minimum absolute atomic E-state index is 0.163. The molecule has 3 nitrogen and oxygen atoms in total. The summed E-state index contributed by atoms with van der Waals surface area (Å²) in [5, 5.41) is 1.10. The Balaban J connectivity index is 1.87. The molecule has 1 saturated heterocycles. The van der Waals surface area contributed by atoms with Gasteiger partial charge in [0.2, 0.25) is 0 Å². The third kappa shape index (κ3) is 2.14. The number of nitrogens with one attached hydrogen (secondary N) is 1. The molecular weight excluding hydrogens is 236 g/mol. The van der Waals surface area contributed by atoms with Gasteiger partial charge in [-0.3, -0.25) is 4.79 Å². The van der Waals surface area contributed by atoms with Gasteiger partial charge in [-0.05, 0) is 30.4 Å². The number of hydrogen-bond donors (Lipinski definition) is 1. The van der Waals surface area contributed by atoms with Crippen molar-refractivity contribution in [1.82, 2.24) is 9.88 Å². The van der Waals surface area contributed by atoms with E-state index in [1.165, 1.54) is 0 Å². The Bertz CT molecular complexity index is 600. The van der Waals surface area contributed by atoms with Crippen LogP contribution in [0.4, 0.5) is 0 Å². The number of amides is 1. The van der Waals surface area contributed by atoms with Crippen LogP contribution in [0.15, 0.2) is 30.5 Å². The fourth-order valence-corrected chi connectivity index (χ4v) is 2.95. The van der Waals surface area contributed by atoms with Crippen molar-refractivity contribution in [3.63, 3.8) is 0 Å². The molecule has 3 rings (SSSR count). The minimum atomic E-state index is 0.163. The largest absolute Gasteiger partial charge is 0.361 e. The Kier molecular flexibility index (Phi) is 3.05. The summed E-state index contributed by atoms with van der Waals surface area (Å²) in [7, 11) is 0. The van der Waals surface area contributed by atoms with Crippen molar-refractivity contribution >= 4 is 16.8 Å². The third-order valence-corrected chi connectivity index (χ3v) is 4.27. The van der Waals surface area contributed by atoms with Crippen molar-refractivity contribution in [3.8, 4) is 0 Å². The molecule has 0 bridgehead atoms. The van der Waals surface area contributed by atoms with Crippen molar-refractivity contribution in [3.05, 3.63) is 36.0 Å². The second-order valence-electron chi connectivity index (χ2n) is 5.79. The lowest BCUT2D eigenvalue weighted by Gasteiger charge is -2.18. The van der Waals surface area contributed by atoms with Gasteiger partial charge in [-0.25, -0.2) is 0 Å². The lowest BCUT2D eigenvalue weighted by atomic mass is 9.95. The van der Waals surface area contributed by atoms with E-state index in [0.29, 0.717) is 11.8 Å². The summed E-state index contributed by atoms with van der Waals surface area (Å²) in [5.74, 6) is 1.46. The first-order valence-corrected chi connectivity index (χ1v) is 7.02. The van der Waals surface area contributed by atoms with E-state index in [1.54, 1.807) is 0 Å². The molecule has 0 radical (unpaired) electrons. The summed E-state index contributed by atoms with van der Waals surface area (Å²) in [6.45, 7) is 6.26. The third-order valence-electron chi connectivity index (χ3n) is 4.27. The van der Waals surface area contributed by atoms with E-state index in [0.717, 1.165) is 36.0 Å². The van der Waals surface area contributed by atoms with Gasteiger partial charge in [0.25, 0.3) is 5.91 Å². The molecule has 1 aromatic heterocycles. The number of likely N-dealkylation sites (tertiary alicyclic amines) is 1. The second kappa shape index (κ2) is 4.72. The van der Waals surface area contributed by atoms with Gasteiger partial charge < -0.3 is 9.88 Å². The molecule has 2 aromatic rings.